The van der Waals surface area contributed by atoms with E-state index >= 15 is 0 Å². The summed E-state index contributed by atoms with van der Waals surface area (Å²) < 4.78 is 10.5. The van der Waals surface area contributed by atoms with Gasteiger partial charge < -0.3 is 19.7 Å². The SMILES string of the molecule is COc1cc(NC(=O)CN2CCC(C(=O)N3CCCC3)CC2)c(OC)cc1Cl. The molecule has 0 bridgehead atoms. The number of nitrogens with zero attached hydrogens (tertiary/aromatic N) is 2. The van der Waals surface area contributed by atoms with Crippen LogP contribution < -0.4 is 14.8 Å². The average molecular weight is 410 g/mol. The summed E-state index contributed by atoms with van der Waals surface area (Å²) in [5.41, 5.74) is 0.521. The van der Waals surface area contributed by atoms with E-state index in [2.05, 4.69) is 10.2 Å². The molecule has 0 aromatic heterocycles. The Hall–Kier alpha value is -1.99. The molecule has 0 aliphatic carbocycles. The number of methoxy groups -OCH3 is 2. The molecule has 0 saturated carbocycles. The van der Waals surface area contributed by atoms with Crippen molar-refractivity contribution >= 4 is 29.1 Å². The zero-order valence-corrected chi connectivity index (χ0v) is 17.3. The number of nitrogens with one attached hydrogen (secondary N) is 1. The minimum Gasteiger partial charge on any atom is -0.495 e. The number of rotatable bonds is 6. The van der Waals surface area contributed by atoms with Gasteiger partial charge in [-0.1, -0.05) is 11.6 Å². The number of halogens is 1. The van der Waals surface area contributed by atoms with Crippen molar-refractivity contribution in [2.75, 3.05) is 52.3 Å². The number of anilines is 1. The van der Waals surface area contributed by atoms with Crippen molar-refractivity contribution in [2.24, 2.45) is 5.92 Å². The molecule has 8 heteroatoms. The van der Waals surface area contributed by atoms with Crippen molar-refractivity contribution in [3.63, 3.8) is 0 Å². The fraction of sp³-hybridized carbons (Fsp3) is 0.600. The zero-order valence-electron chi connectivity index (χ0n) is 16.5. The number of piperidine rings is 1. The van der Waals surface area contributed by atoms with Gasteiger partial charge in [-0.15, -0.1) is 0 Å². The number of likely N-dealkylation sites (tertiary alicyclic amines) is 2. The highest BCUT2D eigenvalue weighted by atomic mass is 35.5. The number of carbonyl (C=O) groups is 2. The minimum atomic E-state index is -0.132. The van der Waals surface area contributed by atoms with Crippen molar-refractivity contribution in [3.8, 4) is 11.5 Å². The van der Waals surface area contributed by atoms with Gasteiger partial charge in [-0.25, -0.2) is 0 Å². The Kier molecular flexibility index (Phi) is 7.02. The number of benzene rings is 1. The van der Waals surface area contributed by atoms with Crippen LogP contribution in [-0.4, -0.2) is 68.6 Å². The maximum Gasteiger partial charge on any atom is 0.238 e. The molecular weight excluding hydrogens is 382 g/mol. The molecule has 1 aromatic carbocycles. The molecule has 3 rings (SSSR count). The summed E-state index contributed by atoms with van der Waals surface area (Å²) in [7, 11) is 3.04. The predicted octanol–water partition coefficient (Wildman–Crippen LogP) is 2.63. The lowest BCUT2D eigenvalue weighted by atomic mass is 9.95. The van der Waals surface area contributed by atoms with Crippen molar-refractivity contribution < 1.29 is 19.1 Å². The Morgan fingerprint density at radius 1 is 1.07 bits per heavy atom. The maximum absolute atomic E-state index is 12.5. The summed E-state index contributed by atoms with van der Waals surface area (Å²) in [4.78, 5) is 29.1. The fourth-order valence-electron chi connectivity index (χ4n) is 3.88. The van der Waals surface area contributed by atoms with Gasteiger partial charge in [0.05, 0.1) is 31.5 Å². The van der Waals surface area contributed by atoms with E-state index < -0.39 is 0 Å². The van der Waals surface area contributed by atoms with E-state index in [1.807, 2.05) is 4.90 Å². The molecule has 2 heterocycles. The van der Waals surface area contributed by atoms with E-state index in [0.717, 1.165) is 51.9 Å². The largest absolute Gasteiger partial charge is 0.495 e. The Labute approximate surface area is 170 Å². The van der Waals surface area contributed by atoms with Gasteiger partial charge in [0, 0.05) is 31.1 Å². The van der Waals surface area contributed by atoms with Crippen LogP contribution in [0.2, 0.25) is 5.02 Å². The molecule has 2 fully saturated rings. The third-order valence-corrected chi connectivity index (χ3v) is 5.77. The van der Waals surface area contributed by atoms with Gasteiger partial charge in [0.1, 0.15) is 11.5 Å². The van der Waals surface area contributed by atoms with Crippen LogP contribution in [0.25, 0.3) is 0 Å². The molecule has 0 spiro atoms. The molecule has 0 radical (unpaired) electrons. The first-order valence-corrected chi connectivity index (χ1v) is 10.1. The standard InChI is InChI=1S/C20H28ClN3O4/c1-27-17-12-16(18(28-2)11-15(17)21)22-19(25)13-23-9-5-14(6-10-23)20(26)24-7-3-4-8-24/h11-12,14H,3-10,13H2,1-2H3,(H,22,25). The van der Waals surface area contributed by atoms with Crippen molar-refractivity contribution in [3.05, 3.63) is 17.2 Å². The molecule has 2 aliphatic heterocycles. The highest BCUT2D eigenvalue weighted by molar-refractivity contribution is 6.32. The highest BCUT2D eigenvalue weighted by Gasteiger charge is 2.30. The molecule has 28 heavy (non-hydrogen) atoms. The van der Waals surface area contributed by atoms with Crippen molar-refractivity contribution in [2.45, 2.75) is 25.7 Å². The number of amides is 2. The van der Waals surface area contributed by atoms with Crippen LogP contribution in [0.1, 0.15) is 25.7 Å². The third kappa shape index (κ3) is 4.89. The molecule has 1 N–H and O–H groups in total. The first-order valence-electron chi connectivity index (χ1n) is 9.74. The second-order valence-corrected chi connectivity index (χ2v) is 7.73. The number of hydrogen-bond donors (Lipinski definition) is 1. The van der Waals surface area contributed by atoms with Gasteiger partial charge in [0.25, 0.3) is 0 Å². The number of ether oxygens (including phenoxy) is 2. The first-order chi connectivity index (χ1) is 13.5. The quantitative estimate of drug-likeness (QED) is 0.782. The van der Waals surface area contributed by atoms with Crippen LogP contribution in [0.5, 0.6) is 11.5 Å². The average Bonchev–Trinajstić information content (AvgIpc) is 3.23. The first kappa shape index (κ1) is 20.7. The summed E-state index contributed by atoms with van der Waals surface area (Å²) in [6.45, 7) is 3.57. The van der Waals surface area contributed by atoms with Crippen LogP contribution >= 0.6 is 11.6 Å². The fourth-order valence-corrected chi connectivity index (χ4v) is 4.12. The van der Waals surface area contributed by atoms with Crippen LogP contribution in [0, 0.1) is 5.92 Å². The van der Waals surface area contributed by atoms with Crippen LogP contribution in [0.3, 0.4) is 0 Å². The molecule has 0 unspecified atom stereocenters. The predicted molar refractivity (Wildman–Crippen MR) is 108 cm³/mol. The minimum absolute atomic E-state index is 0.0954. The lowest BCUT2D eigenvalue weighted by Gasteiger charge is -2.32. The van der Waals surface area contributed by atoms with Crippen molar-refractivity contribution in [1.29, 1.82) is 0 Å². The van der Waals surface area contributed by atoms with Crippen molar-refractivity contribution in [1.82, 2.24) is 9.80 Å². The van der Waals surface area contributed by atoms with Gasteiger partial charge in [-0.05, 0) is 38.8 Å². The van der Waals surface area contributed by atoms with Gasteiger partial charge in [0.15, 0.2) is 0 Å². The second-order valence-electron chi connectivity index (χ2n) is 7.32. The molecule has 7 nitrogen and oxygen atoms in total. The van der Waals surface area contributed by atoms with E-state index in [0.29, 0.717) is 28.1 Å². The molecule has 2 saturated heterocycles. The lowest BCUT2D eigenvalue weighted by molar-refractivity contribution is -0.136. The van der Waals surface area contributed by atoms with Crippen LogP contribution in [0.4, 0.5) is 5.69 Å². The summed E-state index contributed by atoms with van der Waals surface area (Å²) >= 11 is 6.10. The van der Waals surface area contributed by atoms with Gasteiger partial charge in [-0.2, -0.15) is 0 Å². The number of hydrogen-bond acceptors (Lipinski definition) is 5. The zero-order chi connectivity index (χ0) is 20.1. The summed E-state index contributed by atoms with van der Waals surface area (Å²) in [6, 6.07) is 3.27. The van der Waals surface area contributed by atoms with E-state index in [-0.39, 0.29) is 18.4 Å². The van der Waals surface area contributed by atoms with Gasteiger partial charge in [-0.3, -0.25) is 14.5 Å². The van der Waals surface area contributed by atoms with Gasteiger partial charge in [0.2, 0.25) is 11.8 Å². The van der Waals surface area contributed by atoms with E-state index in [4.69, 9.17) is 21.1 Å². The highest BCUT2D eigenvalue weighted by Crippen LogP contribution is 2.35. The van der Waals surface area contributed by atoms with Gasteiger partial charge >= 0.3 is 0 Å². The molecule has 0 atom stereocenters. The van der Waals surface area contributed by atoms with E-state index in [1.165, 1.54) is 14.2 Å². The molecule has 154 valence electrons. The Bertz CT molecular complexity index is 714. The Balaban J connectivity index is 1.51. The molecule has 2 amide bonds. The van der Waals surface area contributed by atoms with Crippen LogP contribution in [0.15, 0.2) is 12.1 Å². The summed E-state index contributed by atoms with van der Waals surface area (Å²) in [6.07, 6.45) is 3.84. The Morgan fingerprint density at radius 2 is 1.71 bits per heavy atom. The smallest absolute Gasteiger partial charge is 0.238 e. The van der Waals surface area contributed by atoms with E-state index in [1.54, 1.807) is 12.1 Å². The van der Waals surface area contributed by atoms with Crippen LogP contribution in [-0.2, 0) is 9.59 Å². The third-order valence-electron chi connectivity index (χ3n) is 5.47. The second kappa shape index (κ2) is 9.47. The molecule has 1 aromatic rings. The summed E-state index contributed by atoms with van der Waals surface area (Å²) in [5.74, 6) is 1.21. The Morgan fingerprint density at radius 3 is 2.32 bits per heavy atom. The molecule has 2 aliphatic rings. The van der Waals surface area contributed by atoms with E-state index in [9.17, 15) is 9.59 Å². The lowest BCUT2D eigenvalue weighted by Crippen LogP contribution is -2.43. The number of carbonyl (C=O) groups excluding carboxylic acids is 2. The summed E-state index contributed by atoms with van der Waals surface area (Å²) in [5, 5.41) is 3.29. The maximum atomic E-state index is 12.5. The molecular formula is C20H28ClN3O4. The monoisotopic (exact) mass is 409 g/mol. The topological polar surface area (TPSA) is 71.1 Å². The normalized spacial score (nSPS) is 18.2.